The Kier molecular flexibility index (Phi) is 4.27. The highest BCUT2D eigenvalue weighted by atomic mass is 79.9. The summed E-state index contributed by atoms with van der Waals surface area (Å²) in [6.07, 6.45) is -2.48. The quantitative estimate of drug-likeness (QED) is 0.871. The third kappa shape index (κ3) is 3.88. The molecule has 7 heteroatoms. The van der Waals surface area contributed by atoms with Gasteiger partial charge >= 0.3 is 6.18 Å². The predicted octanol–water partition coefficient (Wildman–Crippen LogP) is 3.55. The van der Waals surface area contributed by atoms with Gasteiger partial charge in [-0.1, -0.05) is 0 Å². The third-order valence-electron chi connectivity index (χ3n) is 2.98. The summed E-state index contributed by atoms with van der Waals surface area (Å²) in [5, 5.41) is 5.60. The SMILES string of the molecule is CC(Nc1cc(C(F)(F)F)ccc1Br)C(=O)NC1CC1. The Bertz CT molecular complexity index is 515. The predicted molar refractivity (Wildman–Crippen MR) is 73.4 cm³/mol. The van der Waals surface area contributed by atoms with Crippen molar-refractivity contribution in [3.63, 3.8) is 0 Å². The lowest BCUT2D eigenvalue weighted by molar-refractivity contribution is -0.137. The molecule has 3 nitrogen and oxygen atoms in total. The molecule has 0 heterocycles. The van der Waals surface area contributed by atoms with Crippen molar-refractivity contribution in [2.45, 2.75) is 38.0 Å². The minimum absolute atomic E-state index is 0.211. The van der Waals surface area contributed by atoms with E-state index < -0.39 is 17.8 Å². The summed E-state index contributed by atoms with van der Waals surface area (Å²) in [5.74, 6) is -0.211. The van der Waals surface area contributed by atoms with Gasteiger partial charge in [-0.2, -0.15) is 13.2 Å². The van der Waals surface area contributed by atoms with Gasteiger partial charge in [-0.3, -0.25) is 4.79 Å². The lowest BCUT2D eigenvalue weighted by Crippen LogP contribution is -2.38. The summed E-state index contributed by atoms with van der Waals surface area (Å²) in [6.45, 7) is 1.62. The maximum Gasteiger partial charge on any atom is 0.416 e. The maximum atomic E-state index is 12.7. The van der Waals surface area contributed by atoms with Crippen molar-refractivity contribution >= 4 is 27.5 Å². The van der Waals surface area contributed by atoms with Crippen LogP contribution in [0.25, 0.3) is 0 Å². The Morgan fingerprint density at radius 3 is 2.60 bits per heavy atom. The number of rotatable bonds is 4. The number of anilines is 1. The van der Waals surface area contributed by atoms with Crippen molar-refractivity contribution in [1.82, 2.24) is 5.32 Å². The topological polar surface area (TPSA) is 41.1 Å². The second kappa shape index (κ2) is 5.63. The highest BCUT2D eigenvalue weighted by Gasteiger charge is 2.31. The minimum Gasteiger partial charge on any atom is -0.373 e. The van der Waals surface area contributed by atoms with Gasteiger partial charge in [-0.15, -0.1) is 0 Å². The normalized spacial score (nSPS) is 16.6. The first-order chi connectivity index (χ1) is 9.27. The smallest absolute Gasteiger partial charge is 0.373 e. The van der Waals surface area contributed by atoms with Crippen LogP contribution in [0, 0.1) is 0 Å². The number of amides is 1. The zero-order chi connectivity index (χ0) is 14.9. The van der Waals surface area contributed by atoms with E-state index in [2.05, 4.69) is 26.6 Å². The lowest BCUT2D eigenvalue weighted by atomic mass is 10.2. The van der Waals surface area contributed by atoms with Crippen molar-refractivity contribution < 1.29 is 18.0 Å². The monoisotopic (exact) mass is 350 g/mol. The second-order valence-corrected chi connectivity index (χ2v) is 5.70. The fraction of sp³-hybridized carbons (Fsp3) is 0.462. The molecule has 1 aromatic carbocycles. The third-order valence-corrected chi connectivity index (χ3v) is 3.67. The molecule has 2 rings (SSSR count). The Balaban J connectivity index is 2.09. The van der Waals surface area contributed by atoms with Gasteiger partial charge in [0.25, 0.3) is 0 Å². The number of alkyl halides is 3. The summed E-state index contributed by atoms with van der Waals surface area (Å²) in [5.41, 5.74) is -0.503. The molecule has 1 fully saturated rings. The molecule has 0 saturated heterocycles. The summed E-state index contributed by atoms with van der Waals surface area (Å²) >= 11 is 3.18. The van der Waals surface area contributed by atoms with Crippen molar-refractivity contribution in [3.05, 3.63) is 28.2 Å². The molecule has 0 aromatic heterocycles. The van der Waals surface area contributed by atoms with Crippen LogP contribution < -0.4 is 10.6 Å². The van der Waals surface area contributed by atoms with E-state index in [-0.39, 0.29) is 17.6 Å². The molecule has 0 bridgehead atoms. The van der Waals surface area contributed by atoms with Crippen LogP contribution in [0.1, 0.15) is 25.3 Å². The average Bonchev–Trinajstić information content (AvgIpc) is 3.14. The van der Waals surface area contributed by atoms with Crippen LogP contribution in [0.4, 0.5) is 18.9 Å². The average molecular weight is 351 g/mol. The molecule has 1 aliphatic carbocycles. The van der Waals surface area contributed by atoms with E-state index in [1.807, 2.05) is 0 Å². The molecule has 1 aromatic rings. The van der Waals surface area contributed by atoms with Gasteiger partial charge in [0, 0.05) is 16.2 Å². The Labute approximate surface area is 123 Å². The van der Waals surface area contributed by atoms with E-state index in [1.54, 1.807) is 6.92 Å². The van der Waals surface area contributed by atoms with Gasteiger partial charge in [-0.25, -0.2) is 0 Å². The van der Waals surface area contributed by atoms with Crippen LogP contribution in [-0.4, -0.2) is 18.0 Å². The number of hydrogen-bond donors (Lipinski definition) is 2. The molecular formula is C13H14BrF3N2O. The van der Waals surface area contributed by atoms with Gasteiger partial charge < -0.3 is 10.6 Å². The fourth-order valence-electron chi connectivity index (χ4n) is 1.66. The van der Waals surface area contributed by atoms with Crippen molar-refractivity contribution in [2.75, 3.05) is 5.32 Å². The number of carbonyl (C=O) groups excluding carboxylic acids is 1. The van der Waals surface area contributed by atoms with E-state index >= 15 is 0 Å². The molecule has 1 amide bonds. The van der Waals surface area contributed by atoms with Crippen LogP contribution in [0.3, 0.4) is 0 Å². The number of nitrogens with one attached hydrogen (secondary N) is 2. The summed E-state index contributed by atoms with van der Waals surface area (Å²) in [4.78, 5) is 11.8. The molecule has 0 spiro atoms. The second-order valence-electron chi connectivity index (χ2n) is 4.84. The van der Waals surface area contributed by atoms with Gasteiger partial charge in [0.1, 0.15) is 6.04 Å². The van der Waals surface area contributed by atoms with Crippen LogP contribution in [0.2, 0.25) is 0 Å². The number of carbonyl (C=O) groups is 1. The van der Waals surface area contributed by atoms with Crippen molar-refractivity contribution in [2.24, 2.45) is 0 Å². The Morgan fingerprint density at radius 2 is 2.05 bits per heavy atom. The van der Waals surface area contributed by atoms with E-state index in [0.29, 0.717) is 4.47 Å². The van der Waals surface area contributed by atoms with E-state index in [9.17, 15) is 18.0 Å². The standard InChI is InChI=1S/C13H14BrF3N2O/c1-7(12(20)19-9-3-4-9)18-11-6-8(13(15,16)17)2-5-10(11)14/h2,5-7,9,18H,3-4H2,1H3,(H,19,20). The van der Waals surface area contributed by atoms with Crippen molar-refractivity contribution in [3.8, 4) is 0 Å². The highest BCUT2D eigenvalue weighted by Crippen LogP contribution is 2.34. The first-order valence-electron chi connectivity index (χ1n) is 6.21. The molecule has 0 aliphatic heterocycles. The van der Waals surface area contributed by atoms with E-state index in [1.165, 1.54) is 6.07 Å². The van der Waals surface area contributed by atoms with Crippen molar-refractivity contribution in [1.29, 1.82) is 0 Å². The summed E-state index contributed by atoms with van der Waals surface area (Å²) in [7, 11) is 0. The molecule has 1 atom stereocenters. The first-order valence-corrected chi connectivity index (χ1v) is 7.00. The van der Waals surface area contributed by atoms with Crippen LogP contribution in [0.15, 0.2) is 22.7 Å². The number of halogens is 4. The van der Waals surface area contributed by atoms with Gasteiger partial charge in [0.2, 0.25) is 5.91 Å². The fourth-order valence-corrected chi connectivity index (χ4v) is 2.03. The Morgan fingerprint density at radius 1 is 1.40 bits per heavy atom. The number of hydrogen-bond acceptors (Lipinski definition) is 2. The zero-order valence-electron chi connectivity index (χ0n) is 10.7. The molecule has 110 valence electrons. The van der Waals surface area contributed by atoms with Gasteiger partial charge in [0.15, 0.2) is 0 Å². The van der Waals surface area contributed by atoms with Crippen LogP contribution in [-0.2, 0) is 11.0 Å². The molecule has 1 aliphatic rings. The summed E-state index contributed by atoms with van der Waals surface area (Å²) in [6, 6.07) is 2.92. The highest BCUT2D eigenvalue weighted by molar-refractivity contribution is 9.10. The zero-order valence-corrected chi connectivity index (χ0v) is 12.3. The molecular weight excluding hydrogens is 337 g/mol. The number of benzene rings is 1. The Hall–Kier alpha value is -1.24. The minimum atomic E-state index is -4.41. The van der Waals surface area contributed by atoms with Gasteiger partial charge in [0.05, 0.1) is 5.56 Å². The van der Waals surface area contributed by atoms with E-state index in [4.69, 9.17) is 0 Å². The summed E-state index contributed by atoms with van der Waals surface area (Å²) < 4.78 is 38.4. The lowest BCUT2D eigenvalue weighted by Gasteiger charge is -2.17. The molecule has 2 N–H and O–H groups in total. The molecule has 1 saturated carbocycles. The first kappa shape index (κ1) is 15.2. The molecule has 20 heavy (non-hydrogen) atoms. The van der Waals surface area contributed by atoms with Crippen LogP contribution >= 0.6 is 15.9 Å². The van der Waals surface area contributed by atoms with E-state index in [0.717, 1.165) is 25.0 Å². The largest absolute Gasteiger partial charge is 0.416 e. The van der Waals surface area contributed by atoms with Gasteiger partial charge in [-0.05, 0) is 53.9 Å². The van der Waals surface area contributed by atoms with Crippen LogP contribution in [0.5, 0.6) is 0 Å². The molecule has 0 radical (unpaired) electrons. The maximum absolute atomic E-state index is 12.7. The molecule has 1 unspecified atom stereocenters.